The summed E-state index contributed by atoms with van der Waals surface area (Å²) in [5.41, 5.74) is 2.32. The monoisotopic (exact) mass is 496 g/mol. The third kappa shape index (κ3) is 3.91. The van der Waals surface area contributed by atoms with Gasteiger partial charge in [0.1, 0.15) is 5.75 Å². The van der Waals surface area contributed by atoms with Gasteiger partial charge in [-0.15, -0.1) is 20.4 Å². The zero-order valence-corrected chi connectivity index (χ0v) is 20.1. The van der Waals surface area contributed by atoms with Gasteiger partial charge in [0, 0.05) is 11.1 Å². The minimum absolute atomic E-state index is 0.141. The van der Waals surface area contributed by atoms with Gasteiger partial charge in [-0.25, -0.2) is 0 Å². The van der Waals surface area contributed by atoms with Crippen LogP contribution in [0.2, 0.25) is 0 Å². The van der Waals surface area contributed by atoms with E-state index in [0.29, 0.717) is 46.1 Å². The fourth-order valence-corrected chi connectivity index (χ4v) is 4.89. The number of benzene rings is 3. The fourth-order valence-electron chi connectivity index (χ4n) is 4.11. The van der Waals surface area contributed by atoms with E-state index in [1.165, 1.54) is 11.8 Å². The Morgan fingerprint density at radius 2 is 1.67 bits per heavy atom. The highest BCUT2D eigenvalue weighted by Gasteiger charge is 2.19. The lowest BCUT2D eigenvalue weighted by Gasteiger charge is -2.13. The Labute approximate surface area is 209 Å². The van der Waals surface area contributed by atoms with Crippen molar-refractivity contribution in [1.82, 2.24) is 29.4 Å². The second kappa shape index (κ2) is 9.31. The van der Waals surface area contributed by atoms with Crippen molar-refractivity contribution in [2.24, 2.45) is 0 Å². The van der Waals surface area contributed by atoms with Crippen LogP contribution in [0.4, 0.5) is 0 Å². The van der Waals surface area contributed by atoms with Crippen molar-refractivity contribution in [2.45, 2.75) is 17.5 Å². The summed E-state index contributed by atoms with van der Waals surface area (Å²) in [5, 5.41) is 18.3. The molecule has 36 heavy (non-hydrogen) atoms. The molecule has 0 saturated heterocycles. The molecule has 178 valence electrons. The Bertz CT molecular complexity index is 1740. The zero-order chi connectivity index (χ0) is 24.5. The molecule has 3 aromatic heterocycles. The van der Waals surface area contributed by atoms with Gasteiger partial charge in [0.05, 0.1) is 30.3 Å². The Balaban J connectivity index is 1.39. The SMILES string of the molecule is COc1ccccc1Cn1c(=O)c2ccccc2n2c(SCc3nnc(-c4ccccc4)o3)nnc12. The first-order valence-electron chi connectivity index (χ1n) is 11.2. The summed E-state index contributed by atoms with van der Waals surface area (Å²) in [5.74, 6) is 2.49. The van der Waals surface area contributed by atoms with Crippen LogP contribution < -0.4 is 10.3 Å². The van der Waals surface area contributed by atoms with Gasteiger partial charge in [-0.1, -0.05) is 60.3 Å². The summed E-state index contributed by atoms with van der Waals surface area (Å²) in [4.78, 5) is 13.5. The van der Waals surface area contributed by atoms with Crippen molar-refractivity contribution >= 4 is 28.4 Å². The summed E-state index contributed by atoms with van der Waals surface area (Å²) in [6.07, 6.45) is 0. The summed E-state index contributed by atoms with van der Waals surface area (Å²) < 4.78 is 14.9. The quantitative estimate of drug-likeness (QED) is 0.299. The Morgan fingerprint density at radius 3 is 2.53 bits per heavy atom. The van der Waals surface area contributed by atoms with Crippen molar-refractivity contribution in [3.8, 4) is 17.2 Å². The molecule has 0 aliphatic heterocycles. The van der Waals surface area contributed by atoms with Gasteiger partial charge in [0.25, 0.3) is 5.56 Å². The molecule has 0 aliphatic rings. The van der Waals surface area contributed by atoms with E-state index in [9.17, 15) is 4.79 Å². The average molecular weight is 497 g/mol. The number of ether oxygens (including phenoxy) is 1. The van der Waals surface area contributed by atoms with Crippen LogP contribution in [0.25, 0.3) is 28.1 Å². The van der Waals surface area contributed by atoms with E-state index in [0.717, 1.165) is 16.6 Å². The van der Waals surface area contributed by atoms with Gasteiger partial charge >= 0.3 is 0 Å². The highest BCUT2D eigenvalue weighted by molar-refractivity contribution is 7.98. The number of methoxy groups -OCH3 is 1. The molecule has 0 atom stereocenters. The van der Waals surface area contributed by atoms with Crippen LogP contribution in [0.3, 0.4) is 0 Å². The van der Waals surface area contributed by atoms with Crippen LogP contribution in [0, 0.1) is 0 Å². The fraction of sp³-hybridized carbons (Fsp3) is 0.115. The minimum atomic E-state index is -0.141. The number of hydrogen-bond donors (Lipinski definition) is 0. The van der Waals surface area contributed by atoms with E-state index < -0.39 is 0 Å². The molecule has 0 unspecified atom stereocenters. The summed E-state index contributed by atoms with van der Waals surface area (Å²) in [6, 6.07) is 24.7. The molecule has 3 aromatic carbocycles. The molecule has 0 N–H and O–H groups in total. The van der Waals surface area contributed by atoms with E-state index in [1.54, 1.807) is 11.7 Å². The van der Waals surface area contributed by atoms with Gasteiger partial charge in [0.15, 0.2) is 5.16 Å². The normalized spacial score (nSPS) is 11.4. The lowest BCUT2D eigenvalue weighted by Crippen LogP contribution is -2.24. The first-order chi connectivity index (χ1) is 17.7. The van der Waals surface area contributed by atoms with Gasteiger partial charge in [-0.3, -0.25) is 13.8 Å². The van der Waals surface area contributed by atoms with Gasteiger partial charge < -0.3 is 9.15 Å². The largest absolute Gasteiger partial charge is 0.496 e. The second-order valence-electron chi connectivity index (χ2n) is 7.99. The Hall–Kier alpha value is -4.44. The molecular weight excluding hydrogens is 476 g/mol. The predicted molar refractivity (Wildman–Crippen MR) is 136 cm³/mol. The molecular formula is C26H20N6O3S. The molecule has 3 heterocycles. The lowest BCUT2D eigenvalue weighted by molar-refractivity contribution is 0.408. The number of aromatic nitrogens is 6. The number of para-hydroxylation sites is 2. The van der Waals surface area contributed by atoms with E-state index in [4.69, 9.17) is 9.15 Å². The molecule has 9 nitrogen and oxygen atoms in total. The Kier molecular flexibility index (Phi) is 5.70. The van der Waals surface area contributed by atoms with Crippen molar-refractivity contribution < 1.29 is 9.15 Å². The third-order valence-corrected chi connectivity index (χ3v) is 6.73. The van der Waals surface area contributed by atoms with Gasteiger partial charge in [-0.05, 0) is 30.3 Å². The van der Waals surface area contributed by atoms with Crippen molar-refractivity contribution in [1.29, 1.82) is 0 Å². The first kappa shape index (κ1) is 22.1. The summed E-state index contributed by atoms with van der Waals surface area (Å²) >= 11 is 1.41. The second-order valence-corrected chi connectivity index (χ2v) is 8.94. The van der Waals surface area contributed by atoms with Crippen molar-refractivity contribution in [2.75, 3.05) is 7.11 Å². The molecule has 6 rings (SSSR count). The molecule has 0 spiro atoms. The number of hydrogen-bond acceptors (Lipinski definition) is 8. The predicted octanol–water partition coefficient (Wildman–Crippen LogP) is 4.44. The van der Waals surface area contributed by atoms with Crippen molar-refractivity contribution in [3.05, 3.63) is 101 Å². The smallest absolute Gasteiger partial charge is 0.263 e. The number of fused-ring (bicyclic) bond motifs is 3. The van der Waals surface area contributed by atoms with Crippen molar-refractivity contribution in [3.63, 3.8) is 0 Å². The lowest BCUT2D eigenvalue weighted by atomic mass is 10.2. The van der Waals surface area contributed by atoms with E-state index >= 15 is 0 Å². The third-order valence-electron chi connectivity index (χ3n) is 5.81. The first-order valence-corrected chi connectivity index (χ1v) is 12.2. The minimum Gasteiger partial charge on any atom is -0.496 e. The zero-order valence-electron chi connectivity index (χ0n) is 19.2. The molecule has 0 saturated carbocycles. The molecule has 0 aliphatic carbocycles. The maximum absolute atomic E-state index is 13.5. The van der Waals surface area contributed by atoms with Crippen LogP contribution in [0.15, 0.2) is 93.2 Å². The number of nitrogens with zero attached hydrogens (tertiary/aromatic N) is 6. The molecule has 10 heteroatoms. The maximum atomic E-state index is 13.5. The maximum Gasteiger partial charge on any atom is 0.263 e. The van der Waals surface area contributed by atoms with Crippen LogP contribution in [0.1, 0.15) is 11.5 Å². The number of rotatable bonds is 7. The molecule has 6 aromatic rings. The van der Waals surface area contributed by atoms with Gasteiger partial charge in [0.2, 0.25) is 17.6 Å². The number of thioether (sulfide) groups is 1. The molecule has 0 fully saturated rings. The standard InChI is InChI=1S/C26H20N6O3S/c1-34-21-14-8-5-11-18(21)15-31-24(33)19-12-6-7-13-20(19)32-25(31)29-30-26(32)36-16-22-27-28-23(35-22)17-9-3-2-4-10-17/h2-14H,15-16H2,1H3. The van der Waals surface area contributed by atoms with E-state index in [2.05, 4.69) is 20.4 Å². The van der Waals surface area contributed by atoms with Crippen LogP contribution in [0.5, 0.6) is 5.75 Å². The summed E-state index contributed by atoms with van der Waals surface area (Å²) in [7, 11) is 1.62. The van der Waals surface area contributed by atoms with Crippen LogP contribution >= 0.6 is 11.8 Å². The van der Waals surface area contributed by atoms with Gasteiger partial charge in [-0.2, -0.15) is 0 Å². The summed E-state index contributed by atoms with van der Waals surface area (Å²) in [6.45, 7) is 0.296. The topological polar surface area (TPSA) is 100 Å². The molecule has 0 bridgehead atoms. The molecule has 0 amide bonds. The van der Waals surface area contributed by atoms with Crippen LogP contribution in [-0.4, -0.2) is 36.5 Å². The highest BCUT2D eigenvalue weighted by atomic mass is 32.2. The van der Waals surface area contributed by atoms with E-state index in [1.807, 2.05) is 83.3 Å². The highest BCUT2D eigenvalue weighted by Crippen LogP contribution is 2.27. The Morgan fingerprint density at radius 1 is 0.889 bits per heavy atom. The average Bonchev–Trinajstić information content (AvgIpc) is 3.58. The van der Waals surface area contributed by atoms with Crippen LogP contribution in [-0.2, 0) is 12.3 Å². The van der Waals surface area contributed by atoms with E-state index in [-0.39, 0.29) is 5.56 Å². The molecule has 0 radical (unpaired) electrons.